The van der Waals surface area contributed by atoms with Gasteiger partial charge in [-0.1, -0.05) is 6.07 Å². The summed E-state index contributed by atoms with van der Waals surface area (Å²) < 4.78 is 4.51. The van der Waals surface area contributed by atoms with Gasteiger partial charge in [0, 0.05) is 32.3 Å². The smallest absolute Gasteiger partial charge is 0.330 e. The van der Waals surface area contributed by atoms with Crippen LogP contribution in [0, 0.1) is 16.0 Å². The standard InChI is InChI=1S/C17H21N3O5/c1-18-17(22)13-4-3-9-19(11-13)14-7-5-12(6-8-16(21)25-2)10-15(14)20(23)24/h5-8,10,13H,3-4,9,11H2,1-2H3,(H,18,22)/b8-6+. The van der Waals surface area contributed by atoms with Gasteiger partial charge in [0.05, 0.1) is 18.0 Å². The van der Waals surface area contributed by atoms with Gasteiger partial charge in [-0.3, -0.25) is 14.9 Å². The van der Waals surface area contributed by atoms with Crippen molar-refractivity contribution in [2.75, 3.05) is 32.1 Å². The number of nitrogens with one attached hydrogen (secondary N) is 1. The molecule has 25 heavy (non-hydrogen) atoms. The largest absolute Gasteiger partial charge is 0.466 e. The van der Waals surface area contributed by atoms with Gasteiger partial charge in [0.2, 0.25) is 5.91 Å². The Morgan fingerprint density at radius 1 is 1.44 bits per heavy atom. The van der Waals surface area contributed by atoms with Gasteiger partial charge in [0.15, 0.2) is 0 Å². The number of rotatable bonds is 5. The molecule has 134 valence electrons. The molecule has 8 heteroatoms. The first-order valence-corrected chi connectivity index (χ1v) is 7.97. The number of piperidine rings is 1. The van der Waals surface area contributed by atoms with E-state index in [0.29, 0.717) is 24.3 Å². The molecule has 1 heterocycles. The van der Waals surface area contributed by atoms with Gasteiger partial charge in [-0.05, 0) is 30.5 Å². The number of hydrogen-bond acceptors (Lipinski definition) is 6. The molecule has 1 aliphatic rings. The molecule has 2 rings (SSSR count). The van der Waals surface area contributed by atoms with Crippen LogP contribution in [0.15, 0.2) is 24.3 Å². The maximum atomic E-state index is 11.9. The molecule has 0 radical (unpaired) electrons. The number of nitrogens with zero attached hydrogens (tertiary/aromatic N) is 2. The molecule has 1 unspecified atom stereocenters. The third-order valence-corrected chi connectivity index (χ3v) is 4.19. The van der Waals surface area contributed by atoms with E-state index < -0.39 is 10.9 Å². The van der Waals surface area contributed by atoms with Crippen molar-refractivity contribution < 1.29 is 19.2 Å². The van der Waals surface area contributed by atoms with Crippen molar-refractivity contribution in [3.63, 3.8) is 0 Å². The van der Waals surface area contributed by atoms with E-state index in [-0.39, 0.29) is 17.5 Å². The van der Waals surface area contributed by atoms with Crippen LogP contribution in [0.3, 0.4) is 0 Å². The zero-order valence-electron chi connectivity index (χ0n) is 14.2. The Bertz CT molecular complexity index is 702. The number of hydrogen-bond donors (Lipinski definition) is 1. The third-order valence-electron chi connectivity index (χ3n) is 4.19. The molecule has 1 aromatic rings. The van der Waals surface area contributed by atoms with Crippen LogP contribution in [0.1, 0.15) is 18.4 Å². The van der Waals surface area contributed by atoms with Gasteiger partial charge in [-0.25, -0.2) is 4.79 Å². The van der Waals surface area contributed by atoms with Crippen molar-refractivity contribution in [3.8, 4) is 0 Å². The third kappa shape index (κ3) is 4.56. The van der Waals surface area contributed by atoms with E-state index in [1.807, 2.05) is 4.90 Å². The minimum absolute atomic E-state index is 0.0509. The molecule has 0 aromatic heterocycles. The molecule has 1 aromatic carbocycles. The van der Waals surface area contributed by atoms with Crippen LogP contribution in [0.4, 0.5) is 11.4 Å². The Morgan fingerprint density at radius 2 is 2.20 bits per heavy atom. The number of nitro groups is 1. The molecule has 1 saturated heterocycles. The Morgan fingerprint density at radius 3 is 2.84 bits per heavy atom. The Hall–Kier alpha value is -2.90. The summed E-state index contributed by atoms with van der Waals surface area (Å²) in [6.07, 6.45) is 4.23. The highest BCUT2D eigenvalue weighted by molar-refractivity contribution is 5.87. The monoisotopic (exact) mass is 347 g/mol. The van der Waals surface area contributed by atoms with E-state index in [4.69, 9.17) is 0 Å². The highest BCUT2D eigenvalue weighted by atomic mass is 16.6. The topological polar surface area (TPSA) is 102 Å². The number of methoxy groups -OCH3 is 1. The lowest BCUT2D eigenvalue weighted by atomic mass is 9.96. The van der Waals surface area contributed by atoms with Crippen LogP contribution in [0.5, 0.6) is 0 Å². The van der Waals surface area contributed by atoms with Crippen molar-refractivity contribution >= 4 is 29.3 Å². The van der Waals surface area contributed by atoms with Crippen LogP contribution < -0.4 is 10.2 Å². The molecule has 1 N–H and O–H groups in total. The fourth-order valence-electron chi connectivity index (χ4n) is 2.90. The van der Waals surface area contributed by atoms with Crippen LogP contribution in [-0.4, -0.2) is 44.0 Å². The maximum absolute atomic E-state index is 11.9. The summed E-state index contributed by atoms with van der Waals surface area (Å²) >= 11 is 0. The summed E-state index contributed by atoms with van der Waals surface area (Å²) in [7, 11) is 2.85. The molecule has 0 spiro atoms. The molecule has 1 amide bonds. The van der Waals surface area contributed by atoms with Gasteiger partial charge < -0.3 is 15.0 Å². The molecule has 1 atom stereocenters. The van der Waals surface area contributed by atoms with Crippen molar-refractivity contribution in [2.24, 2.45) is 5.92 Å². The summed E-state index contributed by atoms with van der Waals surface area (Å²) in [5.74, 6) is -0.765. The number of benzene rings is 1. The van der Waals surface area contributed by atoms with Crippen LogP contribution in [0.2, 0.25) is 0 Å². The summed E-state index contributed by atoms with van der Waals surface area (Å²) in [6, 6.07) is 4.77. The van der Waals surface area contributed by atoms with Crippen molar-refractivity contribution in [1.29, 1.82) is 0 Å². The first kappa shape index (κ1) is 18.4. The van der Waals surface area contributed by atoms with E-state index in [9.17, 15) is 19.7 Å². The van der Waals surface area contributed by atoms with E-state index in [1.165, 1.54) is 25.3 Å². The Balaban J connectivity index is 2.28. The zero-order chi connectivity index (χ0) is 18.4. The first-order valence-electron chi connectivity index (χ1n) is 7.97. The SMILES string of the molecule is CNC(=O)C1CCCN(c2ccc(/C=C/C(=O)OC)cc2[N+](=O)[O-])C1. The van der Waals surface area contributed by atoms with E-state index in [1.54, 1.807) is 19.2 Å². The molecule has 0 aliphatic carbocycles. The summed E-state index contributed by atoms with van der Waals surface area (Å²) in [5, 5.41) is 14.1. The molecule has 8 nitrogen and oxygen atoms in total. The minimum Gasteiger partial charge on any atom is -0.466 e. The molecular formula is C17H21N3O5. The number of anilines is 1. The molecule has 0 saturated carbocycles. The number of nitro benzene ring substituents is 1. The Kier molecular flexibility index (Phi) is 6.10. The second-order valence-electron chi connectivity index (χ2n) is 5.76. The highest BCUT2D eigenvalue weighted by Crippen LogP contribution is 2.32. The van der Waals surface area contributed by atoms with E-state index >= 15 is 0 Å². The van der Waals surface area contributed by atoms with E-state index in [2.05, 4.69) is 10.1 Å². The molecule has 1 fully saturated rings. The fraction of sp³-hybridized carbons (Fsp3) is 0.412. The fourth-order valence-corrected chi connectivity index (χ4v) is 2.90. The van der Waals surface area contributed by atoms with E-state index in [0.717, 1.165) is 12.8 Å². The predicted molar refractivity (Wildman–Crippen MR) is 93.2 cm³/mol. The van der Waals surface area contributed by atoms with Crippen molar-refractivity contribution in [1.82, 2.24) is 5.32 Å². The quantitative estimate of drug-likeness (QED) is 0.377. The van der Waals surface area contributed by atoms with Gasteiger partial charge in [-0.15, -0.1) is 0 Å². The molecule has 1 aliphatic heterocycles. The zero-order valence-corrected chi connectivity index (χ0v) is 14.2. The minimum atomic E-state index is -0.531. The number of ether oxygens (including phenoxy) is 1. The maximum Gasteiger partial charge on any atom is 0.330 e. The summed E-state index contributed by atoms with van der Waals surface area (Å²) in [4.78, 5) is 35.9. The van der Waals surface area contributed by atoms with Crippen LogP contribution in [-0.2, 0) is 14.3 Å². The van der Waals surface area contributed by atoms with Gasteiger partial charge in [-0.2, -0.15) is 0 Å². The first-order chi connectivity index (χ1) is 12.0. The summed E-state index contributed by atoms with van der Waals surface area (Å²) in [5.41, 5.74) is 0.958. The number of esters is 1. The number of carbonyl (C=O) groups is 2. The Labute approximate surface area is 145 Å². The van der Waals surface area contributed by atoms with Crippen molar-refractivity contribution in [3.05, 3.63) is 40.0 Å². The summed E-state index contributed by atoms with van der Waals surface area (Å²) in [6.45, 7) is 1.10. The normalized spacial score (nSPS) is 17.4. The van der Waals surface area contributed by atoms with Crippen LogP contribution >= 0.6 is 0 Å². The van der Waals surface area contributed by atoms with Gasteiger partial charge in [0.25, 0.3) is 5.69 Å². The van der Waals surface area contributed by atoms with Crippen molar-refractivity contribution in [2.45, 2.75) is 12.8 Å². The van der Waals surface area contributed by atoms with Gasteiger partial charge >= 0.3 is 5.97 Å². The lowest BCUT2D eigenvalue weighted by Gasteiger charge is -2.33. The number of amides is 1. The molecular weight excluding hydrogens is 326 g/mol. The average Bonchev–Trinajstić information content (AvgIpc) is 2.65. The lowest BCUT2D eigenvalue weighted by molar-refractivity contribution is -0.384. The predicted octanol–water partition coefficient (Wildman–Crippen LogP) is 1.74. The van der Waals surface area contributed by atoms with Crippen LogP contribution in [0.25, 0.3) is 6.08 Å². The second-order valence-corrected chi connectivity index (χ2v) is 5.76. The molecule has 0 bridgehead atoms. The average molecular weight is 347 g/mol. The number of carbonyl (C=O) groups excluding carboxylic acids is 2. The second kappa shape index (κ2) is 8.27. The highest BCUT2D eigenvalue weighted by Gasteiger charge is 2.28. The lowest BCUT2D eigenvalue weighted by Crippen LogP contribution is -2.42. The van der Waals surface area contributed by atoms with Gasteiger partial charge in [0.1, 0.15) is 5.69 Å².